The van der Waals surface area contributed by atoms with Gasteiger partial charge in [-0.05, 0) is 45.7 Å². The zero-order valence-corrected chi connectivity index (χ0v) is 18.3. The Morgan fingerprint density at radius 1 is 0.939 bits per heavy atom. The SMILES string of the molecule is CCc1ccccc1NC(=O)CN1C(c2ccccc2)=C[C@@H](c2ccccc2)n2nnnc21. The van der Waals surface area contributed by atoms with E-state index in [0.29, 0.717) is 5.95 Å². The molecule has 0 saturated heterocycles. The summed E-state index contributed by atoms with van der Waals surface area (Å²) in [5.41, 5.74) is 4.88. The molecular formula is C26H24N6O. The molecule has 0 spiro atoms. The first kappa shape index (κ1) is 20.6. The fraction of sp³-hybridized carbons (Fsp3) is 0.154. The summed E-state index contributed by atoms with van der Waals surface area (Å²) >= 11 is 0. The Kier molecular flexibility index (Phi) is 5.68. The standard InChI is InChI=1S/C26H24N6O/c1-2-19-11-9-10-16-22(19)27-25(33)18-31-23(20-12-5-3-6-13-20)17-24(21-14-7-4-8-15-21)32-26(31)28-29-30-32/h3-17,24H,2,18H2,1H3,(H,27,33)/t24-/m0/s1. The van der Waals surface area contributed by atoms with Crippen LogP contribution in [0.25, 0.3) is 5.70 Å². The summed E-state index contributed by atoms with van der Waals surface area (Å²) in [7, 11) is 0. The van der Waals surface area contributed by atoms with Crippen molar-refractivity contribution in [2.24, 2.45) is 0 Å². The average molecular weight is 437 g/mol. The summed E-state index contributed by atoms with van der Waals surface area (Å²) in [6.45, 7) is 2.16. The van der Waals surface area contributed by atoms with Crippen LogP contribution in [0.3, 0.4) is 0 Å². The number of amides is 1. The van der Waals surface area contributed by atoms with Gasteiger partial charge < -0.3 is 5.32 Å². The van der Waals surface area contributed by atoms with Crippen LogP contribution in [0, 0.1) is 0 Å². The highest BCUT2D eigenvalue weighted by molar-refractivity contribution is 5.97. The van der Waals surface area contributed by atoms with Crippen LogP contribution in [0.4, 0.5) is 11.6 Å². The van der Waals surface area contributed by atoms with Gasteiger partial charge in [-0.15, -0.1) is 0 Å². The maximum absolute atomic E-state index is 13.2. The largest absolute Gasteiger partial charge is 0.324 e. The summed E-state index contributed by atoms with van der Waals surface area (Å²) in [4.78, 5) is 15.0. The minimum atomic E-state index is -0.175. The molecule has 0 saturated carbocycles. The number of aromatic nitrogens is 4. The molecule has 1 amide bonds. The lowest BCUT2D eigenvalue weighted by Crippen LogP contribution is -2.37. The number of fused-ring (bicyclic) bond motifs is 1. The summed E-state index contributed by atoms with van der Waals surface area (Å²) < 4.78 is 1.76. The van der Waals surface area contributed by atoms with Gasteiger partial charge >= 0.3 is 0 Å². The molecule has 0 aliphatic carbocycles. The number of para-hydroxylation sites is 1. The predicted molar refractivity (Wildman–Crippen MR) is 129 cm³/mol. The van der Waals surface area contributed by atoms with E-state index in [4.69, 9.17) is 0 Å². The fourth-order valence-corrected chi connectivity index (χ4v) is 4.15. The van der Waals surface area contributed by atoms with Gasteiger partial charge in [0.05, 0.1) is 5.70 Å². The Labute approximate surface area is 192 Å². The Bertz CT molecular complexity index is 1280. The highest BCUT2D eigenvalue weighted by Crippen LogP contribution is 2.36. The van der Waals surface area contributed by atoms with Crippen LogP contribution in [0.15, 0.2) is 91.0 Å². The molecule has 7 nitrogen and oxygen atoms in total. The number of hydrogen-bond donors (Lipinski definition) is 1. The lowest BCUT2D eigenvalue weighted by molar-refractivity contribution is -0.114. The van der Waals surface area contributed by atoms with Gasteiger partial charge in [-0.25, -0.2) is 0 Å². The van der Waals surface area contributed by atoms with Crippen LogP contribution in [-0.4, -0.2) is 32.7 Å². The molecular weight excluding hydrogens is 412 g/mol. The number of tetrazole rings is 1. The monoisotopic (exact) mass is 436 g/mol. The molecule has 3 aromatic carbocycles. The molecule has 164 valence electrons. The normalized spacial score (nSPS) is 15.0. The second kappa shape index (κ2) is 9.08. The van der Waals surface area contributed by atoms with Crippen molar-refractivity contribution >= 4 is 23.2 Å². The minimum Gasteiger partial charge on any atom is -0.324 e. The number of nitrogens with zero attached hydrogens (tertiary/aromatic N) is 5. The van der Waals surface area contributed by atoms with Crippen molar-refractivity contribution in [2.45, 2.75) is 19.4 Å². The van der Waals surface area contributed by atoms with Crippen LogP contribution in [0.1, 0.15) is 29.7 Å². The van der Waals surface area contributed by atoms with Gasteiger partial charge in [0.2, 0.25) is 5.91 Å². The predicted octanol–water partition coefficient (Wildman–Crippen LogP) is 4.32. The molecule has 1 atom stereocenters. The van der Waals surface area contributed by atoms with Crippen LogP contribution in [0.5, 0.6) is 0 Å². The number of anilines is 2. The van der Waals surface area contributed by atoms with Gasteiger partial charge in [0.1, 0.15) is 12.6 Å². The van der Waals surface area contributed by atoms with Crippen molar-refractivity contribution in [3.8, 4) is 0 Å². The molecule has 4 aromatic rings. The van der Waals surface area contributed by atoms with Crippen LogP contribution in [0.2, 0.25) is 0 Å². The molecule has 2 heterocycles. The van der Waals surface area contributed by atoms with E-state index in [-0.39, 0.29) is 18.5 Å². The van der Waals surface area contributed by atoms with E-state index in [9.17, 15) is 4.79 Å². The van der Waals surface area contributed by atoms with E-state index in [1.54, 1.807) is 4.68 Å². The number of carbonyl (C=O) groups excluding carboxylic acids is 1. The number of nitrogens with one attached hydrogen (secondary N) is 1. The summed E-state index contributed by atoms with van der Waals surface area (Å²) in [6.07, 6.45) is 2.95. The van der Waals surface area contributed by atoms with E-state index in [0.717, 1.165) is 34.5 Å². The quantitative estimate of drug-likeness (QED) is 0.487. The number of aryl methyl sites for hydroxylation is 1. The van der Waals surface area contributed by atoms with Gasteiger partial charge in [0, 0.05) is 5.69 Å². The molecule has 1 N–H and O–H groups in total. The smallest absolute Gasteiger partial charge is 0.251 e. The van der Waals surface area contributed by atoms with Crippen molar-refractivity contribution in [1.29, 1.82) is 0 Å². The molecule has 0 bridgehead atoms. The first-order valence-corrected chi connectivity index (χ1v) is 11.0. The lowest BCUT2D eigenvalue weighted by Gasteiger charge is -2.32. The van der Waals surface area contributed by atoms with Crippen molar-refractivity contribution in [3.63, 3.8) is 0 Å². The Morgan fingerprint density at radius 3 is 2.39 bits per heavy atom. The molecule has 0 unspecified atom stereocenters. The molecule has 0 radical (unpaired) electrons. The van der Waals surface area contributed by atoms with E-state index in [1.807, 2.05) is 77.7 Å². The van der Waals surface area contributed by atoms with Gasteiger partial charge in [-0.3, -0.25) is 9.69 Å². The summed E-state index contributed by atoms with van der Waals surface area (Å²) in [6, 6.07) is 27.8. The van der Waals surface area contributed by atoms with Crippen LogP contribution < -0.4 is 10.2 Å². The molecule has 1 aromatic heterocycles. The van der Waals surface area contributed by atoms with Crippen LogP contribution in [-0.2, 0) is 11.2 Å². The van der Waals surface area contributed by atoms with E-state index < -0.39 is 0 Å². The maximum Gasteiger partial charge on any atom is 0.251 e. The first-order chi connectivity index (χ1) is 16.2. The number of benzene rings is 3. The van der Waals surface area contributed by atoms with Gasteiger partial charge in [0.25, 0.3) is 5.95 Å². The summed E-state index contributed by atoms with van der Waals surface area (Å²) in [5, 5.41) is 15.5. The van der Waals surface area contributed by atoms with Crippen molar-refractivity contribution in [1.82, 2.24) is 20.2 Å². The number of allylic oxidation sites excluding steroid dienone is 1. The topological polar surface area (TPSA) is 75.9 Å². The third kappa shape index (κ3) is 4.13. The Balaban J connectivity index is 1.52. The number of carbonyl (C=O) groups is 1. The molecule has 1 aliphatic rings. The highest BCUT2D eigenvalue weighted by Gasteiger charge is 2.31. The lowest BCUT2D eigenvalue weighted by atomic mass is 10.0. The molecule has 7 heteroatoms. The van der Waals surface area contributed by atoms with Crippen molar-refractivity contribution in [3.05, 3.63) is 108 Å². The molecule has 0 fully saturated rings. The second-order valence-corrected chi connectivity index (χ2v) is 7.84. The van der Waals surface area contributed by atoms with E-state index in [2.05, 4.69) is 46.0 Å². The Hall–Kier alpha value is -4.26. The Morgan fingerprint density at radius 2 is 1.64 bits per heavy atom. The number of hydrogen-bond acceptors (Lipinski definition) is 5. The third-order valence-corrected chi connectivity index (χ3v) is 5.77. The first-order valence-electron chi connectivity index (χ1n) is 11.0. The van der Waals surface area contributed by atoms with Gasteiger partial charge in [-0.1, -0.05) is 90.9 Å². The zero-order valence-electron chi connectivity index (χ0n) is 18.3. The highest BCUT2D eigenvalue weighted by atomic mass is 16.2. The summed E-state index contributed by atoms with van der Waals surface area (Å²) in [5.74, 6) is 0.398. The van der Waals surface area contributed by atoms with Gasteiger partial charge in [0.15, 0.2) is 0 Å². The van der Waals surface area contributed by atoms with E-state index >= 15 is 0 Å². The second-order valence-electron chi connectivity index (χ2n) is 7.84. The zero-order chi connectivity index (χ0) is 22.6. The van der Waals surface area contributed by atoms with Crippen molar-refractivity contribution < 1.29 is 4.79 Å². The molecule has 33 heavy (non-hydrogen) atoms. The third-order valence-electron chi connectivity index (χ3n) is 5.77. The van der Waals surface area contributed by atoms with E-state index in [1.165, 1.54) is 0 Å². The maximum atomic E-state index is 13.2. The minimum absolute atomic E-state index is 0.0840. The van der Waals surface area contributed by atoms with Crippen LogP contribution >= 0.6 is 0 Å². The fourth-order valence-electron chi connectivity index (χ4n) is 4.15. The average Bonchev–Trinajstić information content (AvgIpc) is 3.36. The number of rotatable bonds is 6. The van der Waals surface area contributed by atoms with Crippen molar-refractivity contribution in [2.75, 3.05) is 16.8 Å². The molecule has 1 aliphatic heterocycles. The van der Waals surface area contributed by atoms with Gasteiger partial charge in [-0.2, -0.15) is 4.68 Å². The molecule has 5 rings (SSSR count).